The molecule has 0 saturated carbocycles. The Kier molecular flexibility index (Phi) is 7.96. The molecule has 0 bridgehead atoms. The van der Waals surface area contributed by atoms with Crippen LogP contribution in [-0.4, -0.2) is 41.5 Å². The predicted octanol–water partition coefficient (Wildman–Crippen LogP) is 5.01. The average molecular weight is 461 g/mol. The summed E-state index contributed by atoms with van der Waals surface area (Å²) < 4.78 is 31.7. The van der Waals surface area contributed by atoms with E-state index in [4.69, 9.17) is 14.2 Å². The van der Waals surface area contributed by atoms with Gasteiger partial charge in [0.1, 0.15) is 12.7 Å². The van der Waals surface area contributed by atoms with E-state index in [1.165, 1.54) is 6.92 Å². The Balaban J connectivity index is 1.70. The molecule has 0 spiro atoms. The summed E-state index contributed by atoms with van der Waals surface area (Å²) in [7, 11) is 0. The third-order valence-electron chi connectivity index (χ3n) is 5.09. The number of hydrogen-bond donors (Lipinski definition) is 0. The fraction of sp³-hybridized carbons (Fsp3) is 0.440. The van der Waals surface area contributed by atoms with Gasteiger partial charge in [0.15, 0.2) is 11.6 Å². The summed E-state index contributed by atoms with van der Waals surface area (Å²) in [5, 5.41) is -0.505. The Morgan fingerprint density at radius 2 is 1.50 bits per heavy atom. The zero-order chi connectivity index (χ0) is 23.4. The molecular weight excluding hydrogens is 431 g/mol. The number of halogens is 1. The van der Waals surface area contributed by atoms with Crippen molar-refractivity contribution in [2.45, 2.75) is 64.2 Å². The summed E-state index contributed by atoms with van der Waals surface area (Å²) in [6, 6.07) is 11.5. The van der Waals surface area contributed by atoms with E-state index in [0.29, 0.717) is 5.56 Å². The first-order valence-corrected chi connectivity index (χ1v) is 11.5. The van der Waals surface area contributed by atoms with Gasteiger partial charge in [0, 0.05) is 6.92 Å². The summed E-state index contributed by atoms with van der Waals surface area (Å²) in [4.78, 5) is 24.0. The number of carbonyl (C=O) groups is 2. The van der Waals surface area contributed by atoms with Gasteiger partial charge in [0.05, 0.1) is 17.4 Å². The molecule has 4 atom stereocenters. The molecular formula is C25H29FO5S. The SMILES string of the molecule is CC(=O)OC1S[C@H](COC(=O)c2cc(C)cc(C)c2)[C@@H](OCc2cc(C)cc(C)c2)[C@@H]1F. The van der Waals surface area contributed by atoms with Crippen LogP contribution in [0.2, 0.25) is 0 Å². The van der Waals surface area contributed by atoms with Gasteiger partial charge in [0.2, 0.25) is 0 Å². The van der Waals surface area contributed by atoms with Gasteiger partial charge in [-0.05, 0) is 45.4 Å². The number of aryl methyl sites for hydroxylation is 4. The highest BCUT2D eigenvalue weighted by Gasteiger charge is 2.48. The zero-order valence-corrected chi connectivity index (χ0v) is 19.8. The summed E-state index contributed by atoms with van der Waals surface area (Å²) in [5.41, 5.74) is 4.49. The van der Waals surface area contributed by atoms with Crippen molar-refractivity contribution in [3.05, 3.63) is 69.8 Å². The Morgan fingerprint density at radius 3 is 2.06 bits per heavy atom. The number of alkyl halides is 1. The summed E-state index contributed by atoms with van der Waals surface area (Å²) >= 11 is 1.12. The Bertz CT molecular complexity index is 952. The highest BCUT2D eigenvalue weighted by Crippen LogP contribution is 2.39. The van der Waals surface area contributed by atoms with Gasteiger partial charge in [-0.15, -0.1) is 11.8 Å². The van der Waals surface area contributed by atoms with E-state index in [1.54, 1.807) is 12.1 Å². The minimum absolute atomic E-state index is 0.0494. The fourth-order valence-corrected chi connectivity index (χ4v) is 5.32. The predicted molar refractivity (Wildman–Crippen MR) is 123 cm³/mol. The van der Waals surface area contributed by atoms with Crippen molar-refractivity contribution in [3.63, 3.8) is 0 Å². The number of benzene rings is 2. The highest BCUT2D eigenvalue weighted by molar-refractivity contribution is 8.00. The van der Waals surface area contributed by atoms with E-state index in [-0.39, 0.29) is 13.2 Å². The molecule has 0 aromatic heterocycles. The number of rotatable bonds is 7. The largest absolute Gasteiger partial charge is 0.461 e. The smallest absolute Gasteiger partial charge is 0.338 e. The van der Waals surface area contributed by atoms with E-state index in [1.807, 2.05) is 45.9 Å². The second kappa shape index (κ2) is 10.5. The number of carbonyl (C=O) groups excluding carboxylic acids is 2. The minimum Gasteiger partial charge on any atom is -0.461 e. The molecule has 0 radical (unpaired) electrons. The van der Waals surface area contributed by atoms with Crippen LogP contribution in [0.15, 0.2) is 36.4 Å². The van der Waals surface area contributed by atoms with E-state index in [0.717, 1.165) is 39.6 Å². The molecule has 7 heteroatoms. The molecule has 3 rings (SSSR count). The van der Waals surface area contributed by atoms with Gasteiger partial charge >= 0.3 is 11.9 Å². The highest BCUT2D eigenvalue weighted by atomic mass is 32.2. The lowest BCUT2D eigenvalue weighted by Gasteiger charge is -2.21. The Labute approximate surface area is 192 Å². The molecule has 1 aliphatic heterocycles. The molecule has 2 aromatic carbocycles. The fourth-order valence-electron chi connectivity index (χ4n) is 3.95. The van der Waals surface area contributed by atoms with Crippen LogP contribution < -0.4 is 0 Å². The summed E-state index contributed by atoms with van der Waals surface area (Å²) in [5.74, 6) is -1.04. The standard InChI is InChI=1S/C25H29FO5S/c1-14-6-15(2)9-19(8-14)12-29-23-21(32-25(22(23)26)31-18(5)27)13-30-24(28)20-10-16(3)7-17(4)11-20/h6-11,21-23,25H,12-13H2,1-5H3/t21-,22+,23-,25?/m1/s1. The lowest BCUT2D eigenvalue weighted by atomic mass is 10.1. The second-order valence-corrected chi connectivity index (χ2v) is 9.69. The van der Waals surface area contributed by atoms with Gasteiger partial charge in [-0.25, -0.2) is 9.18 Å². The van der Waals surface area contributed by atoms with Crippen molar-refractivity contribution in [2.24, 2.45) is 0 Å². The summed E-state index contributed by atoms with van der Waals surface area (Å²) in [6.45, 7) is 9.20. The third kappa shape index (κ3) is 6.33. The molecule has 1 fully saturated rings. The first-order valence-electron chi connectivity index (χ1n) is 10.5. The maximum Gasteiger partial charge on any atom is 0.338 e. The first-order chi connectivity index (χ1) is 15.1. The average Bonchev–Trinajstić information content (AvgIpc) is 2.97. The van der Waals surface area contributed by atoms with Crippen LogP contribution in [0.5, 0.6) is 0 Å². The van der Waals surface area contributed by atoms with Crippen molar-refractivity contribution in [3.8, 4) is 0 Å². The van der Waals surface area contributed by atoms with Crippen LogP contribution in [0.3, 0.4) is 0 Å². The molecule has 5 nitrogen and oxygen atoms in total. The lowest BCUT2D eigenvalue weighted by molar-refractivity contribution is -0.146. The maximum atomic E-state index is 15.1. The minimum atomic E-state index is -1.53. The van der Waals surface area contributed by atoms with E-state index in [2.05, 4.69) is 6.07 Å². The number of hydrogen-bond acceptors (Lipinski definition) is 6. The van der Waals surface area contributed by atoms with Crippen molar-refractivity contribution in [2.75, 3.05) is 6.61 Å². The van der Waals surface area contributed by atoms with Crippen LogP contribution >= 0.6 is 11.8 Å². The lowest BCUT2D eigenvalue weighted by Crippen LogP contribution is -2.35. The Hall–Kier alpha value is -2.38. The van der Waals surface area contributed by atoms with Gasteiger partial charge in [-0.1, -0.05) is 46.5 Å². The molecule has 1 aliphatic rings. The van der Waals surface area contributed by atoms with Crippen LogP contribution in [0.25, 0.3) is 0 Å². The molecule has 0 N–H and O–H groups in total. The van der Waals surface area contributed by atoms with Gasteiger partial charge in [-0.2, -0.15) is 0 Å². The van der Waals surface area contributed by atoms with E-state index < -0.39 is 34.9 Å². The van der Waals surface area contributed by atoms with Crippen LogP contribution in [0.4, 0.5) is 4.39 Å². The molecule has 0 amide bonds. The molecule has 1 unspecified atom stereocenters. The molecule has 1 heterocycles. The third-order valence-corrected chi connectivity index (χ3v) is 6.47. The first kappa shape index (κ1) is 24.3. The molecule has 172 valence electrons. The molecule has 2 aromatic rings. The van der Waals surface area contributed by atoms with E-state index >= 15 is 4.39 Å². The summed E-state index contributed by atoms with van der Waals surface area (Å²) in [6.07, 6.45) is -2.41. The van der Waals surface area contributed by atoms with Gasteiger partial charge in [-0.3, -0.25) is 4.79 Å². The van der Waals surface area contributed by atoms with Crippen LogP contribution in [0.1, 0.15) is 45.1 Å². The number of esters is 2. The van der Waals surface area contributed by atoms with Crippen LogP contribution in [0, 0.1) is 27.7 Å². The number of thioether (sulfide) groups is 1. The molecule has 32 heavy (non-hydrogen) atoms. The topological polar surface area (TPSA) is 61.8 Å². The molecule has 1 saturated heterocycles. The van der Waals surface area contributed by atoms with Gasteiger partial charge in [0.25, 0.3) is 0 Å². The second-order valence-electron chi connectivity index (χ2n) is 8.34. The van der Waals surface area contributed by atoms with Crippen molar-refractivity contribution in [1.29, 1.82) is 0 Å². The normalized spacial score (nSPS) is 22.6. The number of ether oxygens (including phenoxy) is 3. The van der Waals surface area contributed by atoms with E-state index in [9.17, 15) is 9.59 Å². The zero-order valence-electron chi connectivity index (χ0n) is 19.0. The van der Waals surface area contributed by atoms with Gasteiger partial charge < -0.3 is 14.2 Å². The quantitative estimate of drug-likeness (QED) is 0.542. The Morgan fingerprint density at radius 1 is 0.938 bits per heavy atom. The van der Waals surface area contributed by atoms with Crippen molar-refractivity contribution >= 4 is 23.7 Å². The monoisotopic (exact) mass is 460 g/mol. The maximum absolute atomic E-state index is 15.1. The molecule has 0 aliphatic carbocycles. The van der Waals surface area contributed by atoms with Crippen molar-refractivity contribution in [1.82, 2.24) is 0 Å². The van der Waals surface area contributed by atoms with Crippen molar-refractivity contribution < 1.29 is 28.2 Å². The van der Waals surface area contributed by atoms with Crippen LogP contribution in [-0.2, 0) is 25.6 Å².